The number of nitrogens with zero attached hydrogens (tertiary/aromatic N) is 2. The number of aryl methyl sites for hydroxylation is 1. The summed E-state index contributed by atoms with van der Waals surface area (Å²) in [4.78, 5) is 24.3. The van der Waals surface area contributed by atoms with Crippen molar-refractivity contribution in [3.63, 3.8) is 0 Å². The number of carbonyl (C=O) groups is 1. The molecule has 0 saturated heterocycles. The van der Waals surface area contributed by atoms with Crippen LogP contribution in [0.25, 0.3) is 51.7 Å². The Bertz CT molecular complexity index is 2220. The second-order valence-corrected chi connectivity index (χ2v) is 19.2. The summed E-state index contributed by atoms with van der Waals surface area (Å²) in [7, 11) is 0. The van der Waals surface area contributed by atoms with Gasteiger partial charge in [0.05, 0.1) is 0 Å². The fourth-order valence-corrected chi connectivity index (χ4v) is 9.93. The molecule has 0 bridgehead atoms. The van der Waals surface area contributed by atoms with Crippen molar-refractivity contribution in [2.75, 3.05) is 0 Å². The van der Waals surface area contributed by atoms with Crippen LogP contribution in [0.2, 0.25) is 0 Å². The molecule has 0 spiro atoms. The molecule has 6 aromatic rings. The average Bonchev–Trinajstić information content (AvgIpc) is 3.81. The number of benzene rings is 2. The summed E-state index contributed by atoms with van der Waals surface area (Å²) in [6.45, 7) is 25.8. The molecule has 0 fully saturated rings. The summed E-state index contributed by atoms with van der Waals surface area (Å²) in [6, 6.07) is 12.8. The van der Waals surface area contributed by atoms with Gasteiger partial charge in [-0.05, 0) is 78.1 Å². The molecule has 52 heavy (non-hydrogen) atoms. The first-order chi connectivity index (χ1) is 24.0. The Morgan fingerprint density at radius 2 is 1.50 bits per heavy atom. The van der Waals surface area contributed by atoms with Gasteiger partial charge in [0.15, 0.2) is 5.78 Å². The average molecular weight is 932 g/mol. The van der Waals surface area contributed by atoms with Gasteiger partial charge in [-0.15, -0.1) is 46.3 Å². The predicted molar refractivity (Wildman–Crippen MR) is 225 cm³/mol. The zero-order valence-corrected chi connectivity index (χ0v) is 37.8. The van der Waals surface area contributed by atoms with Crippen LogP contribution in [-0.2, 0) is 36.7 Å². The molecule has 4 heterocycles. The molecule has 1 radical (unpaired) electrons. The van der Waals surface area contributed by atoms with Gasteiger partial charge in [-0.25, -0.2) is 4.98 Å². The number of rotatable bonds is 10. The first kappa shape index (κ1) is 42.3. The molecule has 6 rings (SSSR count). The van der Waals surface area contributed by atoms with Crippen molar-refractivity contribution >= 4 is 80.3 Å². The third-order valence-electron chi connectivity index (χ3n) is 11.1. The van der Waals surface area contributed by atoms with Gasteiger partial charge in [0.1, 0.15) is 16.9 Å². The van der Waals surface area contributed by atoms with Gasteiger partial charge >= 0.3 is 0 Å². The molecule has 4 nitrogen and oxygen atoms in total. The molecule has 0 amide bonds. The summed E-state index contributed by atoms with van der Waals surface area (Å²) in [5.41, 5.74) is 4.35. The van der Waals surface area contributed by atoms with E-state index in [1.807, 2.05) is 52.9 Å². The Morgan fingerprint density at radius 1 is 0.885 bits per heavy atom. The number of carbonyl (C=O) groups excluding carboxylic acids is 1. The fourth-order valence-electron chi connectivity index (χ4n) is 6.69. The quantitative estimate of drug-likeness (QED) is 0.0844. The SMILES string of the molecule is CCC(C)(CC)C(=O)/C=C(\O)C(C)(CC)CC.Cc1sc2ccc3sc4ncnc(-c5[c-]c6ccsc6c(C(C)(C)C)c5)c4c3c2c1CC(C)C.[Ir]. The molecule has 0 aliphatic rings. The molecule has 0 unspecified atom stereocenters. The number of aliphatic hydroxyl groups excluding tert-OH is 1. The van der Waals surface area contributed by atoms with Crippen LogP contribution in [0.15, 0.2) is 47.8 Å². The minimum absolute atomic E-state index is 0. The molecule has 0 saturated carbocycles. The Kier molecular flexibility index (Phi) is 13.4. The van der Waals surface area contributed by atoms with Crippen molar-refractivity contribution in [2.45, 2.75) is 121 Å². The molecule has 8 heteroatoms. The third kappa shape index (κ3) is 8.12. The van der Waals surface area contributed by atoms with Gasteiger partial charge in [0.2, 0.25) is 0 Å². The third-order valence-corrected chi connectivity index (χ3v) is 14.3. The largest absolute Gasteiger partial charge is 0.512 e. The van der Waals surface area contributed by atoms with Crippen molar-refractivity contribution in [1.29, 1.82) is 0 Å². The molecule has 281 valence electrons. The summed E-state index contributed by atoms with van der Waals surface area (Å²) in [6.07, 6.45) is 7.57. The van der Waals surface area contributed by atoms with Crippen LogP contribution in [0, 0.1) is 29.7 Å². The standard InChI is InChI=1S/C29H27N2S3.C15H28O2.Ir/c1-15(2)11-19-16(3)33-21-7-8-22-24(23(19)21)25-26(30-14-31-28(25)34-22)18-12-17-9-10-32-27(17)20(13-18)29(4,5)6;1-7-14(5,8-2)12(16)11-13(17)15(6,9-3)10-4;/h7-10,13-15H,11H2,1-6H3;11,16H,7-10H2,1-6H3;/q-1;;/b;12-11-;. The summed E-state index contributed by atoms with van der Waals surface area (Å²) < 4.78 is 3.98. The second-order valence-electron chi connectivity index (χ2n) is 16.0. The van der Waals surface area contributed by atoms with E-state index in [0.29, 0.717) is 5.92 Å². The van der Waals surface area contributed by atoms with E-state index in [4.69, 9.17) is 9.97 Å². The summed E-state index contributed by atoms with van der Waals surface area (Å²) in [5.74, 6) is 0.893. The van der Waals surface area contributed by atoms with Crippen molar-refractivity contribution < 1.29 is 30.0 Å². The van der Waals surface area contributed by atoms with E-state index in [1.54, 1.807) is 29.0 Å². The zero-order valence-electron chi connectivity index (χ0n) is 33.0. The van der Waals surface area contributed by atoms with Crippen LogP contribution in [-0.4, -0.2) is 20.9 Å². The van der Waals surface area contributed by atoms with Gasteiger partial charge < -0.3 is 5.11 Å². The molecule has 2 aromatic carbocycles. The molecule has 0 aliphatic heterocycles. The van der Waals surface area contributed by atoms with Gasteiger partial charge in [0.25, 0.3) is 0 Å². The van der Waals surface area contributed by atoms with Gasteiger partial charge in [0, 0.05) is 73.1 Å². The number of ketones is 1. The zero-order chi connectivity index (χ0) is 37.5. The number of aliphatic hydroxyl groups is 1. The number of allylic oxidation sites excluding steroid dienone is 2. The Morgan fingerprint density at radius 3 is 2.08 bits per heavy atom. The van der Waals surface area contributed by atoms with E-state index >= 15 is 0 Å². The molecular weight excluding hydrogens is 877 g/mol. The number of aromatic nitrogens is 2. The van der Waals surface area contributed by atoms with Crippen LogP contribution >= 0.6 is 34.0 Å². The topological polar surface area (TPSA) is 63.1 Å². The number of fused-ring (bicyclic) bond motifs is 6. The Hall–Kier alpha value is -2.48. The van der Waals surface area contributed by atoms with E-state index in [1.165, 1.54) is 57.7 Å². The molecular formula is C44H55IrN2O2S3-. The molecule has 4 aromatic heterocycles. The van der Waals surface area contributed by atoms with Crippen LogP contribution in [0.3, 0.4) is 0 Å². The van der Waals surface area contributed by atoms with Crippen molar-refractivity contribution in [3.8, 4) is 11.3 Å². The van der Waals surface area contributed by atoms with E-state index < -0.39 is 0 Å². The smallest absolute Gasteiger partial charge is 0.164 e. The van der Waals surface area contributed by atoms with Crippen molar-refractivity contribution in [2.24, 2.45) is 16.7 Å². The predicted octanol–water partition coefficient (Wildman–Crippen LogP) is 14.2. The first-order valence-electron chi connectivity index (χ1n) is 18.5. The maximum atomic E-state index is 12.2. The normalized spacial score (nSPS) is 12.9. The van der Waals surface area contributed by atoms with Gasteiger partial charge in [-0.2, -0.15) is 11.3 Å². The van der Waals surface area contributed by atoms with Crippen LogP contribution in [0.1, 0.15) is 118 Å². The first-order valence-corrected chi connectivity index (χ1v) is 21.0. The van der Waals surface area contributed by atoms with Crippen molar-refractivity contribution in [3.05, 3.63) is 69.9 Å². The van der Waals surface area contributed by atoms with Gasteiger partial charge in [-0.1, -0.05) is 87.3 Å². The van der Waals surface area contributed by atoms with Crippen LogP contribution in [0.5, 0.6) is 0 Å². The van der Waals surface area contributed by atoms with E-state index in [9.17, 15) is 9.90 Å². The maximum absolute atomic E-state index is 12.2. The Balaban J connectivity index is 0.000000289. The van der Waals surface area contributed by atoms with Crippen molar-refractivity contribution in [1.82, 2.24) is 9.97 Å². The monoisotopic (exact) mass is 932 g/mol. The number of thiophene rings is 3. The molecule has 0 atom stereocenters. The summed E-state index contributed by atoms with van der Waals surface area (Å²) in [5, 5.41) is 17.4. The minimum Gasteiger partial charge on any atom is -0.512 e. The summed E-state index contributed by atoms with van der Waals surface area (Å²) >= 11 is 5.50. The maximum Gasteiger partial charge on any atom is 0.164 e. The van der Waals surface area contributed by atoms with Gasteiger partial charge in [-0.3, -0.25) is 9.78 Å². The Labute approximate surface area is 336 Å². The molecule has 0 aliphatic carbocycles. The number of hydrogen-bond donors (Lipinski definition) is 1. The van der Waals surface area contributed by atoms with Crippen LogP contribution < -0.4 is 0 Å². The number of hydrogen-bond acceptors (Lipinski definition) is 7. The minimum atomic E-state index is -0.337. The molecule has 1 N–H and O–H groups in total. The van der Waals surface area contributed by atoms with Crippen LogP contribution in [0.4, 0.5) is 0 Å². The van der Waals surface area contributed by atoms with E-state index in [0.717, 1.165) is 48.2 Å². The van der Waals surface area contributed by atoms with E-state index in [-0.39, 0.29) is 47.9 Å². The second kappa shape index (κ2) is 16.5. The van der Waals surface area contributed by atoms with E-state index in [2.05, 4.69) is 77.3 Å². The fraction of sp³-hybridized carbons (Fsp3) is 0.477.